The second-order valence-corrected chi connectivity index (χ2v) is 7.32. The minimum atomic E-state index is -0.761. The molecule has 0 saturated carbocycles. The summed E-state index contributed by atoms with van der Waals surface area (Å²) < 4.78 is 21.2. The van der Waals surface area contributed by atoms with E-state index in [0.717, 1.165) is 0 Å². The average Bonchev–Trinajstić information content (AvgIpc) is 3.45. The summed E-state index contributed by atoms with van der Waals surface area (Å²) in [6, 6.07) is 6.02. The molecule has 2 N–H and O–H groups in total. The molecule has 0 spiro atoms. The second kappa shape index (κ2) is 10.1. The van der Waals surface area contributed by atoms with E-state index in [1.807, 2.05) is 0 Å². The van der Waals surface area contributed by atoms with Gasteiger partial charge in [0, 0.05) is 25.1 Å². The van der Waals surface area contributed by atoms with Gasteiger partial charge in [-0.25, -0.2) is 0 Å². The van der Waals surface area contributed by atoms with Crippen LogP contribution in [0.25, 0.3) is 0 Å². The smallest absolute Gasteiger partial charge is 0.242 e. The number of methoxy groups -OCH3 is 3. The van der Waals surface area contributed by atoms with E-state index in [2.05, 4.69) is 10.6 Å². The number of carbonyl (C=O) groups excluding carboxylic acids is 3. The molecule has 2 atom stereocenters. The van der Waals surface area contributed by atoms with E-state index in [4.69, 9.17) is 18.6 Å². The Bertz CT molecular complexity index is 949. The summed E-state index contributed by atoms with van der Waals surface area (Å²) >= 11 is 0. The van der Waals surface area contributed by atoms with Crippen molar-refractivity contribution in [2.45, 2.75) is 25.9 Å². The largest absolute Gasteiger partial charge is 0.493 e. The topological polar surface area (TPSA) is 119 Å². The van der Waals surface area contributed by atoms with Gasteiger partial charge in [-0.3, -0.25) is 14.4 Å². The van der Waals surface area contributed by atoms with Gasteiger partial charge < -0.3 is 34.2 Å². The average molecular weight is 445 g/mol. The fourth-order valence-corrected chi connectivity index (χ4v) is 3.49. The first kappa shape index (κ1) is 23.0. The van der Waals surface area contributed by atoms with Crippen LogP contribution >= 0.6 is 0 Å². The minimum absolute atomic E-state index is 0.0310. The zero-order chi connectivity index (χ0) is 23.3. The van der Waals surface area contributed by atoms with E-state index in [-0.39, 0.29) is 37.2 Å². The lowest BCUT2D eigenvalue weighted by atomic mass is 10.1. The molecule has 10 heteroatoms. The predicted molar refractivity (Wildman–Crippen MR) is 115 cm³/mol. The van der Waals surface area contributed by atoms with Crippen molar-refractivity contribution in [3.05, 3.63) is 36.3 Å². The van der Waals surface area contributed by atoms with Gasteiger partial charge in [0.25, 0.3) is 0 Å². The van der Waals surface area contributed by atoms with Crippen molar-refractivity contribution in [2.24, 2.45) is 5.92 Å². The Morgan fingerprint density at radius 2 is 1.88 bits per heavy atom. The number of rotatable bonds is 9. The van der Waals surface area contributed by atoms with Crippen LogP contribution in [0.1, 0.15) is 19.1 Å². The maximum Gasteiger partial charge on any atom is 0.242 e. The van der Waals surface area contributed by atoms with Crippen LogP contribution in [-0.2, 0) is 20.9 Å². The van der Waals surface area contributed by atoms with Crippen LogP contribution in [0.4, 0.5) is 5.69 Å². The third-order valence-corrected chi connectivity index (χ3v) is 5.23. The molecular formula is C22H27N3O7. The monoisotopic (exact) mass is 445 g/mol. The van der Waals surface area contributed by atoms with Crippen molar-refractivity contribution in [3.8, 4) is 17.2 Å². The summed E-state index contributed by atoms with van der Waals surface area (Å²) in [4.78, 5) is 39.1. The number of carbonyl (C=O) groups is 3. The summed E-state index contributed by atoms with van der Waals surface area (Å²) in [5, 5.41) is 5.37. The third-order valence-electron chi connectivity index (χ3n) is 5.23. The van der Waals surface area contributed by atoms with Crippen molar-refractivity contribution in [2.75, 3.05) is 32.8 Å². The SMILES string of the molecule is COc1cc(N2CC(C(=O)NC(C)C(=O)NCc3ccco3)CC2=O)cc(OC)c1OC. The van der Waals surface area contributed by atoms with E-state index in [1.54, 1.807) is 31.2 Å². The summed E-state index contributed by atoms with van der Waals surface area (Å²) in [6.07, 6.45) is 1.55. The maximum absolute atomic E-state index is 12.7. The lowest BCUT2D eigenvalue weighted by Crippen LogP contribution is -2.46. The molecule has 0 radical (unpaired) electrons. The van der Waals surface area contributed by atoms with Gasteiger partial charge in [0.1, 0.15) is 11.8 Å². The van der Waals surface area contributed by atoms with E-state index in [1.165, 1.54) is 32.5 Å². The first-order chi connectivity index (χ1) is 15.4. The Labute approximate surface area is 185 Å². The number of hydrogen-bond acceptors (Lipinski definition) is 7. The van der Waals surface area contributed by atoms with Crippen molar-refractivity contribution >= 4 is 23.4 Å². The number of amides is 3. The molecule has 10 nitrogen and oxygen atoms in total. The highest BCUT2D eigenvalue weighted by atomic mass is 16.5. The number of anilines is 1. The summed E-state index contributed by atoms with van der Waals surface area (Å²) in [6.45, 7) is 1.98. The number of nitrogens with one attached hydrogen (secondary N) is 2. The first-order valence-corrected chi connectivity index (χ1v) is 10.1. The zero-order valence-electron chi connectivity index (χ0n) is 18.5. The summed E-state index contributed by atoms with van der Waals surface area (Å²) in [5.41, 5.74) is 0.532. The molecule has 1 aliphatic rings. The maximum atomic E-state index is 12.7. The van der Waals surface area contributed by atoms with Crippen molar-refractivity contribution in [1.82, 2.24) is 10.6 Å². The zero-order valence-corrected chi connectivity index (χ0v) is 18.5. The van der Waals surface area contributed by atoms with E-state index in [0.29, 0.717) is 28.7 Å². The quantitative estimate of drug-likeness (QED) is 0.600. The van der Waals surface area contributed by atoms with Gasteiger partial charge in [-0.05, 0) is 19.1 Å². The molecule has 2 unspecified atom stereocenters. The van der Waals surface area contributed by atoms with Gasteiger partial charge in [-0.1, -0.05) is 0 Å². The molecular weight excluding hydrogens is 418 g/mol. The number of furan rings is 1. The lowest BCUT2D eigenvalue weighted by molar-refractivity contribution is -0.131. The van der Waals surface area contributed by atoms with Crippen LogP contribution in [0.2, 0.25) is 0 Å². The fourth-order valence-electron chi connectivity index (χ4n) is 3.49. The van der Waals surface area contributed by atoms with Crippen LogP contribution < -0.4 is 29.7 Å². The molecule has 2 aromatic rings. The van der Waals surface area contributed by atoms with Crippen LogP contribution in [0.3, 0.4) is 0 Å². The number of hydrogen-bond donors (Lipinski definition) is 2. The molecule has 1 aromatic carbocycles. The standard InChI is InChI=1S/C22H27N3O7/c1-13(21(27)23-11-16-6-5-7-32-16)24-22(28)14-8-19(26)25(12-14)15-9-17(29-2)20(31-4)18(10-15)30-3/h5-7,9-10,13-14H,8,11-12H2,1-4H3,(H,23,27)(H,24,28). The lowest BCUT2D eigenvalue weighted by Gasteiger charge is -2.21. The minimum Gasteiger partial charge on any atom is -0.493 e. The Balaban J connectivity index is 1.63. The number of ether oxygens (including phenoxy) is 3. The molecule has 3 amide bonds. The highest BCUT2D eigenvalue weighted by Gasteiger charge is 2.36. The van der Waals surface area contributed by atoms with Gasteiger partial charge >= 0.3 is 0 Å². The van der Waals surface area contributed by atoms with Gasteiger partial charge in [0.2, 0.25) is 23.5 Å². The van der Waals surface area contributed by atoms with Gasteiger partial charge in [0.05, 0.1) is 45.7 Å². The van der Waals surface area contributed by atoms with Crippen molar-refractivity contribution in [1.29, 1.82) is 0 Å². The molecule has 2 heterocycles. The Hall–Kier alpha value is -3.69. The van der Waals surface area contributed by atoms with Crippen LogP contribution in [0.5, 0.6) is 17.2 Å². The summed E-state index contributed by atoms with van der Waals surface area (Å²) in [7, 11) is 4.47. The Morgan fingerprint density at radius 3 is 2.44 bits per heavy atom. The fraction of sp³-hybridized carbons (Fsp3) is 0.409. The highest BCUT2D eigenvalue weighted by Crippen LogP contribution is 2.42. The van der Waals surface area contributed by atoms with E-state index in [9.17, 15) is 14.4 Å². The second-order valence-electron chi connectivity index (χ2n) is 7.32. The van der Waals surface area contributed by atoms with Crippen molar-refractivity contribution in [3.63, 3.8) is 0 Å². The predicted octanol–water partition coefficient (Wildman–Crippen LogP) is 1.48. The molecule has 1 fully saturated rings. The van der Waals surface area contributed by atoms with Crippen LogP contribution in [0, 0.1) is 5.92 Å². The third kappa shape index (κ3) is 4.96. The highest BCUT2D eigenvalue weighted by molar-refractivity contribution is 6.01. The molecule has 32 heavy (non-hydrogen) atoms. The first-order valence-electron chi connectivity index (χ1n) is 10.1. The molecule has 1 aliphatic heterocycles. The van der Waals surface area contributed by atoms with Gasteiger partial charge in [0.15, 0.2) is 11.5 Å². The van der Waals surface area contributed by atoms with Crippen LogP contribution in [-0.4, -0.2) is 51.6 Å². The molecule has 1 aromatic heterocycles. The molecule has 0 bridgehead atoms. The van der Waals surface area contributed by atoms with E-state index < -0.39 is 12.0 Å². The molecule has 3 rings (SSSR count). The number of nitrogens with zero attached hydrogens (tertiary/aromatic N) is 1. The van der Waals surface area contributed by atoms with Crippen LogP contribution in [0.15, 0.2) is 34.9 Å². The molecule has 0 aliphatic carbocycles. The Kier molecular flexibility index (Phi) is 7.24. The van der Waals surface area contributed by atoms with Gasteiger partial charge in [-0.2, -0.15) is 0 Å². The summed E-state index contributed by atoms with van der Waals surface area (Å²) in [5.74, 6) is 0.313. The Morgan fingerprint density at radius 1 is 1.19 bits per heavy atom. The van der Waals surface area contributed by atoms with Gasteiger partial charge in [-0.15, -0.1) is 0 Å². The molecule has 172 valence electrons. The van der Waals surface area contributed by atoms with E-state index >= 15 is 0 Å². The number of benzene rings is 1. The normalized spacial score (nSPS) is 16.4. The van der Waals surface area contributed by atoms with Crippen molar-refractivity contribution < 1.29 is 33.0 Å². The molecule has 1 saturated heterocycles.